The smallest absolute Gasteiger partial charge is 0.328 e. The summed E-state index contributed by atoms with van der Waals surface area (Å²) in [4.78, 5) is 26.5. The highest BCUT2D eigenvalue weighted by Gasteiger charge is 2.46. The van der Waals surface area contributed by atoms with Crippen molar-refractivity contribution in [3.8, 4) is 11.5 Å². The standard InChI is InChI=1S/C32H41NO5/c1-6-7-9-14-22-19-26-28(23-17-20(2)15-16-24(23)32(3,4)38-26)29(34)27(22)30(35)33-25(31(36)37-5)18-21-12-10-8-11-13-21/h8,10-13,17,19,23-25,34H,6-7,9,14-16,18H2,1-5H3,(H,33,35). The van der Waals surface area contributed by atoms with Crippen LogP contribution in [0.4, 0.5) is 0 Å². The molecule has 2 aliphatic rings. The fraction of sp³-hybridized carbons (Fsp3) is 0.500. The molecule has 3 atom stereocenters. The average Bonchev–Trinajstić information content (AvgIpc) is 2.87. The van der Waals surface area contributed by atoms with Crippen LogP contribution < -0.4 is 10.1 Å². The second kappa shape index (κ2) is 11.6. The Morgan fingerprint density at radius 2 is 1.95 bits per heavy atom. The maximum Gasteiger partial charge on any atom is 0.328 e. The number of carbonyl (C=O) groups excluding carboxylic acids is 2. The third-order valence-corrected chi connectivity index (χ3v) is 8.08. The van der Waals surface area contributed by atoms with Gasteiger partial charge in [-0.15, -0.1) is 0 Å². The number of rotatable bonds is 9. The van der Waals surface area contributed by atoms with Crippen LogP contribution in [0.3, 0.4) is 0 Å². The minimum Gasteiger partial charge on any atom is -0.507 e. The number of phenols is 1. The first-order valence-corrected chi connectivity index (χ1v) is 13.8. The van der Waals surface area contributed by atoms with E-state index >= 15 is 0 Å². The maximum absolute atomic E-state index is 13.8. The molecule has 38 heavy (non-hydrogen) atoms. The summed E-state index contributed by atoms with van der Waals surface area (Å²) in [5, 5.41) is 14.6. The van der Waals surface area contributed by atoms with Gasteiger partial charge in [-0.3, -0.25) is 4.79 Å². The lowest BCUT2D eigenvalue weighted by atomic mass is 9.67. The van der Waals surface area contributed by atoms with E-state index in [1.54, 1.807) is 0 Å². The highest BCUT2D eigenvalue weighted by atomic mass is 16.5. The number of hydrogen-bond donors (Lipinski definition) is 2. The molecule has 0 spiro atoms. The summed E-state index contributed by atoms with van der Waals surface area (Å²) in [5.74, 6) is -0.237. The number of unbranched alkanes of at least 4 members (excludes halogenated alkanes) is 2. The van der Waals surface area contributed by atoms with E-state index in [0.29, 0.717) is 24.2 Å². The number of aryl methyl sites for hydroxylation is 1. The number of aromatic hydroxyl groups is 1. The van der Waals surface area contributed by atoms with Crippen molar-refractivity contribution in [2.75, 3.05) is 7.11 Å². The first-order chi connectivity index (χ1) is 18.2. The second-order valence-corrected chi connectivity index (χ2v) is 11.3. The number of nitrogens with one attached hydrogen (secondary N) is 1. The van der Waals surface area contributed by atoms with Crippen molar-refractivity contribution in [2.24, 2.45) is 5.92 Å². The van der Waals surface area contributed by atoms with E-state index < -0.39 is 23.5 Å². The molecule has 0 bridgehead atoms. The van der Waals surface area contributed by atoms with Crippen LogP contribution in [0.1, 0.15) is 92.8 Å². The Labute approximate surface area is 226 Å². The summed E-state index contributed by atoms with van der Waals surface area (Å²) < 4.78 is 11.5. The Morgan fingerprint density at radius 3 is 2.63 bits per heavy atom. The Balaban J connectivity index is 1.77. The first kappa shape index (κ1) is 27.7. The van der Waals surface area contributed by atoms with Crippen LogP contribution in [0.15, 0.2) is 48.0 Å². The molecule has 4 rings (SSSR count). The number of amides is 1. The summed E-state index contributed by atoms with van der Waals surface area (Å²) in [5.41, 5.74) is 3.44. The zero-order valence-corrected chi connectivity index (χ0v) is 23.3. The number of ether oxygens (including phenoxy) is 2. The third kappa shape index (κ3) is 5.74. The summed E-state index contributed by atoms with van der Waals surface area (Å²) in [7, 11) is 1.32. The van der Waals surface area contributed by atoms with Gasteiger partial charge in [0.25, 0.3) is 5.91 Å². The fourth-order valence-electron chi connectivity index (χ4n) is 6.04. The van der Waals surface area contributed by atoms with Crippen LogP contribution in [-0.2, 0) is 22.4 Å². The van der Waals surface area contributed by atoms with Gasteiger partial charge in [0.2, 0.25) is 0 Å². The van der Waals surface area contributed by atoms with Gasteiger partial charge in [-0.05, 0) is 63.6 Å². The van der Waals surface area contributed by atoms with Gasteiger partial charge in [0.1, 0.15) is 23.1 Å². The van der Waals surface area contributed by atoms with Crippen molar-refractivity contribution < 1.29 is 24.2 Å². The number of phenolic OH excluding ortho intramolecular Hbond substituents is 1. The van der Waals surface area contributed by atoms with Crippen LogP contribution in [0.2, 0.25) is 0 Å². The summed E-state index contributed by atoms with van der Waals surface area (Å²) in [6.07, 6.45) is 8.03. The molecule has 0 aromatic heterocycles. The van der Waals surface area contributed by atoms with Crippen molar-refractivity contribution in [2.45, 2.75) is 90.2 Å². The molecular formula is C32H41NO5. The van der Waals surface area contributed by atoms with E-state index in [2.05, 4.69) is 39.1 Å². The first-order valence-electron chi connectivity index (χ1n) is 13.8. The third-order valence-electron chi connectivity index (χ3n) is 8.08. The Kier molecular flexibility index (Phi) is 8.49. The highest BCUT2D eigenvalue weighted by Crippen LogP contribution is 2.54. The average molecular weight is 520 g/mol. The predicted octanol–water partition coefficient (Wildman–Crippen LogP) is 6.25. The maximum atomic E-state index is 13.8. The Hall–Kier alpha value is -3.28. The second-order valence-electron chi connectivity index (χ2n) is 11.3. The lowest BCUT2D eigenvalue weighted by Crippen LogP contribution is -2.46. The molecule has 6 nitrogen and oxygen atoms in total. The molecular weight excluding hydrogens is 478 g/mol. The van der Waals surface area contributed by atoms with Crippen LogP contribution in [-0.4, -0.2) is 35.7 Å². The molecule has 0 fully saturated rings. The molecule has 1 aliphatic carbocycles. The van der Waals surface area contributed by atoms with Gasteiger partial charge in [0.05, 0.1) is 12.7 Å². The van der Waals surface area contributed by atoms with E-state index in [1.807, 2.05) is 36.4 Å². The molecule has 1 amide bonds. The number of allylic oxidation sites excluding steroid dienone is 2. The Bertz CT molecular complexity index is 1200. The van der Waals surface area contributed by atoms with E-state index in [1.165, 1.54) is 12.7 Å². The quantitative estimate of drug-likeness (QED) is 0.232. The topological polar surface area (TPSA) is 84.9 Å². The number of benzene rings is 2. The molecule has 3 unspecified atom stereocenters. The predicted molar refractivity (Wildman–Crippen MR) is 149 cm³/mol. The van der Waals surface area contributed by atoms with Gasteiger partial charge >= 0.3 is 5.97 Å². The zero-order valence-electron chi connectivity index (χ0n) is 23.3. The van der Waals surface area contributed by atoms with Crippen LogP contribution in [0.5, 0.6) is 11.5 Å². The Morgan fingerprint density at radius 1 is 1.21 bits per heavy atom. The fourth-order valence-corrected chi connectivity index (χ4v) is 6.04. The zero-order chi connectivity index (χ0) is 27.4. The van der Waals surface area contributed by atoms with E-state index in [-0.39, 0.29) is 23.1 Å². The number of esters is 1. The van der Waals surface area contributed by atoms with Gasteiger partial charge in [-0.2, -0.15) is 0 Å². The van der Waals surface area contributed by atoms with Crippen molar-refractivity contribution >= 4 is 11.9 Å². The molecule has 0 radical (unpaired) electrons. The van der Waals surface area contributed by atoms with Crippen molar-refractivity contribution in [1.29, 1.82) is 0 Å². The van der Waals surface area contributed by atoms with Crippen LogP contribution in [0.25, 0.3) is 0 Å². The van der Waals surface area contributed by atoms with E-state index in [0.717, 1.165) is 43.2 Å². The van der Waals surface area contributed by atoms with Crippen LogP contribution >= 0.6 is 0 Å². The van der Waals surface area contributed by atoms with Crippen molar-refractivity contribution in [3.05, 3.63) is 70.3 Å². The molecule has 2 N–H and O–H groups in total. The summed E-state index contributed by atoms with van der Waals surface area (Å²) in [6.45, 7) is 8.47. The van der Waals surface area contributed by atoms with Gasteiger partial charge in [-0.1, -0.05) is 61.7 Å². The highest BCUT2D eigenvalue weighted by molar-refractivity contribution is 6.01. The SMILES string of the molecule is CCCCCc1cc2c(c(O)c1C(=O)NC(Cc1ccccc1)C(=O)OC)C1C=C(C)CCC1C(C)(C)O2. The van der Waals surface area contributed by atoms with Gasteiger partial charge in [0, 0.05) is 23.8 Å². The number of hydrogen-bond acceptors (Lipinski definition) is 5. The normalized spacial score (nSPS) is 20.3. The molecule has 2 aromatic carbocycles. The number of carbonyl (C=O) groups is 2. The molecule has 2 aromatic rings. The minimum absolute atomic E-state index is 0.0359. The molecule has 204 valence electrons. The molecule has 6 heteroatoms. The number of fused-ring (bicyclic) bond motifs is 3. The molecule has 1 heterocycles. The van der Waals surface area contributed by atoms with Crippen LogP contribution in [0, 0.1) is 5.92 Å². The largest absolute Gasteiger partial charge is 0.507 e. The van der Waals surface area contributed by atoms with E-state index in [9.17, 15) is 14.7 Å². The molecule has 0 saturated carbocycles. The van der Waals surface area contributed by atoms with Gasteiger partial charge < -0.3 is 19.9 Å². The lowest BCUT2D eigenvalue weighted by molar-refractivity contribution is -0.142. The molecule has 0 saturated heterocycles. The monoisotopic (exact) mass is 519 g/mol. The number of methoxy groups -OCH3 is 1. The molecule has 1 aliphatic heterocycles. The summed E-state index contributed by atoms with van der Waals surface area (Å²) in [6, 6.07) is 10.6. The lowest BCUT2D eigenvalue weighted by Gasteiger charge is -2.46. The minimum atomic E-state index is -0.881. The summed E-state index contributed by atoms with van der Waals surface area (Å²) >= 11 is 0. The van der Waals surface area contributed by atoms with Crippen molar-refractivity contribution in [3.63, 3.8) is 0 Å². The van der Waals surface area contributed by atoms with E-state index in [4.69, 9.17) is 9.47 Å². The van der Waals surface area contributed by atoms with Gasteiger partial charge in [0.15, 0.2) is 0 Å². The van der Waals surface area contributed by atoms with Gasteiger partial charge in [-0.25, -0.2) is 4.79 Å². The van der Waals surface area contributed by atoms with Crippen molar-refractivity contribution in [1.82, 2.24) is 5.32 Å².